The smallest absolute Gasteiger partial charge is 0.310 e. The highest BCUT2D eigenvalue weighted by Crippen LogP contribution is 2.44. The van der Waals surface area contributed by atoms with Crippen molar-refractivity contribution in [2.24, 2.45) is 11.3 Å². The summed E-state index contributed by atoms with van der Waals surface area (Å²) >= 11 is 0. The van der Waals surface area contributed by atoms with Crippen molar-refractivity contribution in [1.82, 2.24) is 25.1 Å². The Kier molecular flexibility index (Phi) is 4.42. The Morgan fingerprint density at radius 3 is 2.86 bits per heavy atom. The number of carboxylic acids is 1. The Bertz CT molecular complexity index is 528. The first-order chi connectivity index (χ1) is 10.6. The molecule has 2 fully saturated rings. The normalized spacial score (nSPS) is 26.2. The fraction of sp³-hybridized carbons (Fsp3) is 0.867. The minimum atomic E-state index is -0.597. The van der Waals surface area contributed by atoms with Crippen molar-refractivity contribution in [1.29, 1.82) is 0 Å². The van der Waals surface area contributed by atoms with Gasteiger partial charge in [0.05, 0.1) is 5.41 Å². The van der Waals surface area contributed by atoms with E-state index >= 15 is 0 Å². The molecule has 122 valence electrons. The number of piperidine rings is 1. The molecule has 0 bridgehead atoms. The number of carboxylic acid groups (broad SMARTS) is 1. The molecular weight excluding hydrogens is 282 g/mol. The predicted molar refractivity (Wildman–Crippen MR) is 80.3 cm³/mol. The monoisotopic (exact) mass is 307 g/mol. The van der Waals surface area contributed by atoms with E-state index in [-0.39, 0.29) is 0 Å². The molecule has 22 heavy (non-hydrogen) atoms. The molecule has 0 aromatic carbocycles. The number of tetrazole rings is 1. The molecule has 1 aromatic heterocycles. The fourth-order valence-corrected chi connectivity index (χ4v) is 3.62. The Morgan fingerprint density at radius 1 is 1.41 bits per heavy atom. The van der Waals surface area contributed by atoms with Crippen LogP contribution in [0.1, 0.15) is 44.3 Å². The standard InChI is InChI=1S/C15H25N5O2/c1-12-16-17-18-20(12)9-3-8-19-7-2-6-15(11-19,14(21)22)10-13-4-5-13/h13H,2-11H2,1H3,(H,21,22)/t15-/m0/s1. The van der Waals surface area contributed by atoms with Crippen LogP contribution in [0.25, 0.3) is 0 Å². The maximum absolute atomic E-state index is 11.8. The molecule has 1 aliphatic carbocycles. The zero-order chi connectivity index (χ0) is 15.6. The molecule has 1 saturated carbocycles. The number of aryl methyl sites for hydroxylation is 2. The highest BCUT2D eigenvalue weighted by Gasteiger charge is 2.45. The average Bonchev–Trinajstić information content (AvgIpc) is 3.20. The minimum absolute atomic E-state index is 0.510. The van der Waals surface area contributed by atoms with Crippen LogP contribution in [0.3, 0.4) is 0 Å². The zero-order valence-corrected chi connectivity index (χ0v) is 13.2. The van der Waals surface area contributed by atoms with Crippen LogP contribution in [0.5, 0.6) is 0 Å². The lowest BCUT2D eigenvalue weighted by Gasteiger charge is -2.40. The summed E-state index contributed by atoms with van der Waals surface area (Å²) in [6.45, 7) is 5.31. The van der Waals surface area contributed by atoms with E-state index < -0.39 is 11.4 Å². The van der Waals surface area contributed by atoms with Gasteiger partial charge in [-0.1, -0.05) is 12.8 Å². The van der Waals surface area contributed by atoms with Gasteiger partial charge in [0.1, 0.15) is 5.82 Å². The largest absolute Gasteiger partial charge is 0.481 e. The Hall–Kier alpha value is -1.50. The summed E-state index contributed by atoms with van der Waals surface area (Å²) in [6.07, 6.45) is 6.07. The topological polar surface area (TPSA) is 84.1 Å². The molecule has 0 unspecified atom stereocenters. The van der Waals surface area contributed by atoms with Crippen LogP contribution < -0.4 is 0 Å². The average molecular weight is 307 g/mol. The first-order valence-corrected chi connectivity index (χ1v) is 8.28. The zero-order valence-electron chi connectivity index (χ0n) is 13.2. The lowest BCUT2D eigenvalue weighted by atomic mass is 9.75. The van der Waals surface area contributed by atoms with E-state index in [2.05, 4.69) is 20.4 Å². The van der Waals surface area contributed by atoms with Crippen LogP contribution >= 0.6 is 0 Å². The van der Waals surface area contributed by atoms with Gasteiger partial charge < -0.3 is 10.0 Å². The van der Waals surface area contributed by atoms with Gasteiger partial charge in [0.15, 0.2) is 0 Å². The Balaban J connectivity index is 1.53. The summed E-state index contributed by atoms with van der Waals surface area (Å²) in [7, 11) is 0. The highest BCUT2D eigenvalue weighted by atomic mass is 16.4. The van der Waals surface area contributed by atoms with E-state index in [9.17, 15) is 9.90 Å². The number of hydrogen-bond acceptors (Lipinski definition) is 5. The van der Waals surface area contributed by atoms with E-state index in [0.29, 0.717) is 12.5 Å². The summed E-state index contributed by atoms with van der Waals surface area (Å²) in [6, 6.07) is 0. The van der Waals surface area contributed by atoms with Crippen LogP contribution in [-0.2, 0) is 11.3 Å². The number of aromatic nitrogens is 4. The minimum Gasteiger partial charge on any atom is -0.481 e. The van der Waals surface area contributed by atoms with Crippen LogP contribution in [0, 0.1) is 18.3 Å². The lowest BCUT2D eigenvalue weighted by molar-refractivity contribution is -0.153. The van der Waals surface area contributed by atoms with Gasteiger partial charge in [-0.25, -0.2) is 4.68 Å². The van der Waals surface area contributed by atoms with Gasteiger partial charge in [-0.3, -0.25) is 4.79 Å². The third-order valence-electron chi connectivity index (χ3n) is 5.04. The molecule has 3 rings (SSSR count). The molecule has 0 radical (unpaired) electrons. The summed E-state index contributed by atoms with van der Waals surface area (Å²) in [5.41, 5.74) is -0.510. The van der Waals surface area contributed by atoms with Crippen molar-refractivity contribution < 1.29 is 9.90 Å². The molecule has 1 aromatic rings. The van der Waals surface area contributed by atoms with Crippen molar-refractivity contribution in [3.05, 3.63) is 5.82 Å². The highest BCUT2D eigenvalue weighted by molar-refractivity contribution is 5.75. The number of nitrogens with zero attached hydrogens (tertiary/aromatic N) is 5. The molecule has 1 N–H and O–H groups in total. The molecule has 7 nitrogen and oxygen atoms in total. The van der Waals surface area contributed by atoms with Gasteiger partial charge >= 0.3 is 5.97 Å². The van der Waals surface area contributed by atoms with Crippen LogP contribution in [0.2, 0.25) is 0 Å². The van der Waals surface area contributed by atoms with E-state index in [1.807, 2.05) is 6.92 Å². The summed E-state index contributed by atoms with van der Waals surface area (Å²) in [4.78, 5) is 14.2. The van der Waals surface area contributed by atoms with Gasteiger partial charge in [0.25, 0.3) is 0 Å². The second-order valence-electron chi connectivity index (χ2n) is 6.92. The van der Waals surface area contributed by atoms with Crippen molar-refractivity contribution in [3.63, 3.8) is 0 Å². The second-order valence-corrected chi connectivity index (χ2v) is 6.92. The van der Waals surface area contributed by atoms with E-state index in [4.69, 9.17) is 0 Å². The van der Waals surface area contributed by atoms with E-state index in [1.54, 1.807) is 4.68 Å². The molecule has 1 saturated heterocycles. The lowest BCUT2D eigenvalue weighted by Crippen LogP contribution is -2.48. The number of aliphatic carboxylic acids is 1. The van der Waals surface area contributed by atoms with Crippen molar-refractivity contribution in [3.8, 4) is 0 Å². The van der Waals surface area contributed by atoms with Crippen molar-refractivity contribution in [2.75, 3.05) is 19.6 Å². The molecule has 0 amide bonds. The third kappa shape index (κ3) is 3.45. The Labute approximate surface area is 130 Å². The van der Waals surface area contributed by atoms with Crippen molar-refractivity contribution >= 4 is 5.97 Å². The maximum atomic E-state index is 11.8. The molecule has 1 aliphatic heterocycles. The van der Waals surface area contributed by atoms with Gasteiger partial charge in [-0.05, 0) is 62.0 Å². The van der Waals surface area contributed by atoms with Crippen molar-refractivity contribution in [2.45, 2.75) is 52.0 Å². The summed E-state index contributed by atoms with van der Waals surface area (Å²) < 4.78 is 1.80. The molecule has 2 aliphatic rings. The maximum Gasteiger partial charge on any atom is 0.310 e. The van der Waals surface area contributed by atoms with Crippen LogP contribution in [0.4, 0.5) is 0 Å². The number of hydrogen-bond donors (Lipinski definition) is 1. The molecule has 2 heterocycles. The molecular formula is C15H25N5O2. The number of rotatable bonds is 7. The Morgan fingerprint density at radius 2 is 2.23 bits per heavy atom. The quantitative estimate of drug-likeness (QED) is 0.818. The van der Waals surface area contributed by atoms with Gasteiger partial charge in [0, 0.05) is 13.1 Å². The van der Waals surface area contributed by atoms with Gasteiger partial charge in [-0.2, -0.15) is 0 Å². The number of carbonyl (C=O) groups is 1. The van der Waals surface area contributed by atoms with Crippen LogP contribution in [0.15, 0.2) is 0 Å². The first kappa shape index (κ1) is 15.4. The number of likely N-dealkylation sites (tertiary alicyclic amines) is 1. The first-order valence-electron chi connectivity index (χ1n) is 8.28. The summed E-state index contributed by atoms with van der Waals surface area (Å²) in [5.74, 6) is 0.882. The fourth-order valence-electron chi connectivity index (χ4n) is 3.62. The van der Waals surface area contributed by atoms with Crippen LogP contribution in [-0.4, -0.2) is 55.8 Å². The van der Waals surface area contributed by atoms with E-state index in [0.717, 1.165) is 51.1 Å². The van der Waals surface area contributed by atoms with Gasteiger partial charge in [0.2, 0.25) is 0 Å². The SMILES string of the molecule is Cc1nnnn1CCCN1CCC[C@@](CC2CC2)(C(=O)O)C1. The molecule has 0 spiro atoms. The predicted octanol–water partition coefficient (Wildman–Crippen LogP) is 1.34. The summed E-state index contributed by atoms with van der Waals surface area (Å²) in [5, 5.41) is 21.2. The second kappa shape index (κ2) is 6.32. The van der Waals surface area contributed by atoms with E-state index in [1.165, 1.54) is 12.8 Å². The molecule has 7 heteroatoms. The third-order valence-corrected chi connectivity index (χ3v) is 5.04. The van der Waals surface area contributed by atoms with Gasteiger partial charge in [-0.15, -0.1) is 5.10 Å². The molecule has 1 atom stereocenters.